The molecule has 0 aromatic heterocycles. The summed E-state index contributed by atoms with van der Waals surface area (Å²) in [4.78, 5) is 10.4. The minimum atomic E-state index is -4.23. The quantitative estimate of drug-likeness (QED) is 0.798. The van der Waals surface area contributed by atoms with Gasteiger partial charge in [-0.2, -0.15) is 0 Å². The molecule has 1 saturated heterocycles. The average molecular weight is 355 g/mol. The molecule has 1 fully saturated rings. The number of aromatic carboxylic acids is 1. The van der Waals surface area contributed by atoms with Gasteiger partial charge in [-0.3, -0.25) is 0 Å². The third kappa shape index (κ3) is 3.86. The highest BCUT2D eigenvalue weighted by Crippen LogP contribution is 2.30. The van der Waals surface area contributed by atoms with Crippen molar-refractivity contribution < 1.29 is 31.5 Å². The second-order valence-corrected chi connectivity index (χ2v) is 9.31. The molecule has 0 bridgehead atoms. The molecule has 116 valence electrons. The molecule has 1 atom stereocenters. The molecule has 0 radical (unpaired) electrons. The number of ether oxygens (including phenoxy) is 1. The summed E-state index contributed by atoms with van der Waals surface area (Å²) < 4.78 is 51.1. The van der Waals surface area contributed by atoms with Crippen LogP contribution in [0.5, 0.6) is 5.75 Å². The molecule has 0 amide bonds. The first kappa shape index (κ1) is 16.1. The van der Waals surface area contributed by atoms with Crippen LogP contribution < -0.4 is 4.74 Å². The van der Waals surface area contributed by atoms with E-state index in [-0.39, 0.29) is 29.2 Å². The van der Waals surface area contributed by atoms with Gasteiger partial charge in [0.2, 0.25) is 0 Å². The van der Waals surface area contributed by atoms with Crippen molar-refractivity contribution in [1.29, 1.82) is 0 Å². The predicted molar refractivity (Wildman–Crippen MR) is 74.1 cm³/mol. The summed E-state index contributed by atoms with van der Waals surface area (Å²) in [5.41, 5.74) is -0.263. The molecule has 21 heavy (non-hydrogen) atoms. The molecule has 1 aromatic rings. The van der Waals surface area contributed by atoms with Crippen molar-refractivity contribution in [2.24, 2.45) is 0 Å². The van der Waals surface area contributed by atoms with E-state index in [1.54, 1.807) is 0 Å². The fourth-order valence-electron chi connectivity index (χ4n) is 1.96. The van der Waals surface area contributed by atoms with Gasteiger partial charge in [-0.25, -0.2) is 21.6 Å². The van der Waals surface area contributed by atoms with Gasteiger partial charge in [0.25, 0.3) is 9.05 Å². The molecule has 7 nitrogen and oxygen atoms in total. The molecule has 1 aliphatic heterocycles. The maximum atomic E-state index is 11.5. The Labute approximate surface area is 125 Å². The molecule has 0 saturated carbocycles. The summed E-state index contributed by atoms with van der Waals surface area (Å²) in [6.45, 7) is 0. The fourth-order valence-corrected chi connectivity index (χ4v) is 4.54. The first-order valence-electron chi connectivity index (χ1n) is 5.77. The van der Waals surface area contributed by atoms with E-state index in [1.165, 1.54) is 0 Å². The Morgan fingerprint density at radius 1 is 1.38 bits per heavy atom. The van der Waals surface area contributed by atoms with Gasteiger partial charge in [-0.05, 0) is 24.6 Å². The van der Waals surface area contributed by atoms with E-state index in [9.17, 15) is 21.6 Å². The second-order valence-electron chi connectivity index (χ2n) is 4.55. The molecule has 1 aromatic carbocycles. The van der Waals surface area contributed by atoms with Crippen molar-refractivity contribution in [3.63, 3.8) is 0 Å². The minimum absolute atomic E-state index is 0.0339. The monoisotopic (exact) mass is 354 g/mol. The summed E-state index contributed by atoms with van der Waals surface area (Å²) in [7, 11) is -2.15. The van der Waals surface area contributed by atoms with Crippen LogP contribution >= 0.6 is 10.7 Å². The standard InChI is InChI=1S/C11H11ClO7S2/c12-21(17,18)10-5-7(11(13)14)1-2-9(10)19-8-3-4-20(15,16)6-8/h1-2,5,8H,3-4,6H2,(H,13,14). The number of rotatable bonds is 4. The summed E-state index contributed by atoms with van der Waals surface area (Å²) in [5.74, 6) is -1.72. The lowest BCUT2D eigenvalue weighted by Gasteiger charge is -2.14. The number of benzene rings is 1. The topological polar surface area (TPSA) is 115 Å². The number of carboxylic acids is 1. The Morgan fingerprint density at radius 3 is 2.52 bits per heavy atom. The molecule has 1 N–H and O–H groups in total. The number of halogens is 1. The maximum Gasteiger partial charge on any atom is 0.335 e. The number of carbonyl (C=O) groups is 1. The fraction of sp³-hybridized carbons (Fsp3) is 0.364. The van der Waals surface area contributed by atoms with Crippen LogP contribution in [-0.4, -0.2) is 45.5 Å². The van der Waals surface area contributed by atoms with Gasteiger partial charge in [0.1, 0.15) is 16.7 Å². The Kier molecular flexibility index (Phi) is 4.18. The van der Waals surface area contributed by atoms with Crippen LogP contribution in [0.3, 0.4) is 0 Å². The van der Waals surface area contributed by atoms with Crippen LogP contribution in [0.4, 0.5) is 0 Å². The van der Waals surface area contributed by atoms with Crippen LogP contribution in [0.1, 0.15) is 16.8 Å². The Bertz CT molecular complexity index is 783. The molecule has 10 heteroatoms. The van der Waals surface area contributed by atoms with Crippen LogP contribution in [0.2, 0.25) is 0 Å². The summed E-state index contributed by atoms with van der Waals surface area (Å²) in [5, 5.41) is 8.86. The van der Waals surface area contributed by atoms with Crippen molar-refractivity contribution in [3.05, 3.63) is 23.8 Å². The van der Waals surface area contributed by atoms with Crippen molar-refractivity contribution in [2.75, 3.05) is 11.5 Å². The highest BCUT2D eigenvalue weighted by atomic mass is 35.7. The lowest BCUT2D eigenvalue weighted by atomic mass is 10.2. The number of hydrogen-bond acceptors (Lipinski definition) is 6. The molecular formula is C11H11ClO7S2. The zero-order valence-electron chi connectivity index (χ0n) is 10.5. The molecule has 2 rings (SSSR count). The number of sulfone groups is 1. The lowest BCUT2D eigenvalue weighted by molar-refractivity contribution is 0.0696. The van der Waals surface area contributed by atoms with Crippen molar-refractivity contribution in [1.82, 2.24) is 0 Å². The minimum Gasteiger partial charge on any atom is -0.488 e. The van der Waals surface area contributed by atoms with Crippen LogP contribution in [0.25, 0.3) is 0 Å². The molecular weight excluding hydrogens is 344 g/mol. The van der Waals surface area contributed by atoms with Gasteiger partial charge in [0, 0.05) is 10.7 Å². The molecule has 0 aliphatic carbocycles. The molecule has 1 heterocycles. The lowest BCUT2D eigenvalue weighted by Crippen LogP contribution is -2.19. The van der Waals surface area contributed by atoms with E-state index in [1.807, 2.05) is 0 Å². The van der Waals surface area contributed by atoms with Gasteiger partial charge in [-0.1, -0.05) is 0 Å². The SMILES string of the molecule is O=C(O)c1ccc(OC2CCS(=O)(=O)C2)c(S(=O)(=O)Cl)c1. The predicted octanol–water partition coefficient (Wildman–Crippen LogP) is 0.878. The van der Waals surface area contributed by atoms with Gasteiger partial charge in [0.05, 0.1) is 17.1 Å². The highest BCUT2D eigenvalue weighted by molar-refractivity contribution is 8.13. The van der Waals surface area contributed by atoms with Crippen LogP contribution in [-0.2, 0) is 18.9 Å². The molecule has 1 unspecified atom stereocenters. The second kappa shape index (κ2) is 5.47. The number of hydrogen-bond donors (Lipinski definition) is 1. The van der Waals surface area contributed by atoms with Gasteiger partial charge >= 0.3 is 5.97 Å². The third-order valence-electron chi connectivity index (χ3n) is 2.94. The van der Waals surface area contributed by atoms with Gasteiger partial charge in [-0.15, -0.1) is 0 Å². The first-order valence-corrected chi connectivity index (χ1v) is 9.91. The van der Waals surface area contributed by atoms with E-state index >= 15 is 0 Å². The van der Waals surface area contributed by atoms with Crippen LogP contribution in [0, 0.1) is 0 Å². The average Bonchev–Trinajstić information content (AvgIpc) is 2.67. The smallest absolute Gasteiger partial charge is 0.335 e. The van der Waals surface area contributed by atoms with Gasteiger partial charge < -0.3 is 9.84 Å². The highest BCUT2D eigenvalue weighted by Gasteiger charge is 2.31. The number of carboxylic acid groups (broad SMARTS) is 1. The molecule has 1 aliphatic rings. The van der Waals surface area contributed by atoms with Crippen molar-refractivity contribution in [3.8, 4) is 5.75 Å². The van der Waals surface area contributed by atoms with Crippen molar-refractivity contribution >= 4 is 35.5 Å². The van der Waals surface area contributed by atoms with E-state index in [0.717, 1.165) is 18.2 Å². The Morgan fingerprint density at radius 2 is 2.05 bits per heavy atom. The van der Waals surface area contributed by atoms with Crippen LogP contribution in [0.15, 0.2) is 23.1 Å². The third-order valence-corrected chi connectivity index (χ3v) is 6.02. The van der Waals surface area contributed by atoms with E-state index in [0.29, 0.717) is 0 Å². The summed E-state index contributed by atoms with van der Waals surface area (Å²) in [6.07, 6.45) is -0.437. The zero-order chi connectivity index (χ0) is 15.8. The van der Waals surface area contributed by atoms with Gasteiger partial charge in [0.15, 0.2) is 9.84 Å². The van der Waals surface area contributed by atoms with Crippen molar-refractivity contribution in [2.45, 2.75) is 17.4 Å². The van der Waals surface area contributed by atoms with E-state index in [2.05, 4.69) is 0 Å². The van der Waals surface area contributed by atoms with E-state index in [4.69, 9.17) is 20.5 Å². The Balaban J connectivity index is 2.38. The first-order chi connectivity index (χ1) is 9.58. The zero-order valence-corrected chi connectivity index (χ0v) is 12.9. The summed E-state index contributed by atoms with van der Waals surface area (Å²) >= 11 is 0. The maximum absolute atomic E-state index is 11.5. The summed E-state index contributed by atoms with van der Waals surface area (Å²) in [6, 6.07) is 3.19. The normalized spacial score (nSPS) is 21.1. The van der Waals surface area contributed by atoms with E-state index < -0.39 is 35.9 Å². The molecule has 0 spiro atoms. The Hall–Kier alpha value is -1.32. The largest absolute Gasteiger partial charge is 0.488 e.